The van der Waals surface area contributed by atoms with Crippen LogP contribution >= 0.6 is 0 Å². The summed E-state index contributed by atoms with van der Waals surface area (Å²) in [5, 5.41) is 5.01. The summed E-state index contributed by atoms with van der Waals surface area (Å²) in [5.41, 5.74) is 0.428. The molecule has 0 N–H and O–H groups in total. The van der Waals surface area contributed by atoms with Gasteiger partial charge in [0.1, 0.15) is 12.2 Å². The second kappa shape index (κ2) is 10.9. The first-order valence-corrected chi connectivity index (χ1v) is 10.3. The van der Waals surface area contributed by atoms with Crippen molar-refractivity contribution in [2.24, 2.45) is 14.8 Å². The molecule has 9 nitrogen and oxygen atoms in total. The fraction of sp³-hybridized carbons (Fsp3) is 0.389. The Balaban J connectivity index is 2.54. The van der Waals surface area contributed by atoms with Gasteiger partial charge in [-0.25, -0.2) is 0 Å². The van der Waals surface area contributed by atoms with Gasteiger partial charge in [-0.2, -0.15) is 26.2 Å². The van der Waals surface area contributed by atoms with Crippen LogP contribution in [0.3, 0.4) is 0 Å². The maximum Gasteiger partial charge on any atom is 0.406 e. The average Bonchev–Trinajstić information content (AvgIpc) is 3.04. The average molecular weight is 491 g/mol. The number of hydrogen-bond donors (Lipinski definition) is 0. The molecule has 0 bridgehead atoms. The van der Waals surface area contributed by atoms with Crippen molar-refractivity contribution in [2.45, 2.75) is 33.0 Å². The van der Waals surface area contributed by atoms with Crippen molar-refractivity contribution >= 4 is 38.7 Å². The number of imidazole rings is 1. The highest BCUT2D eigenvalue weighted by atomic mass is 32.2. The predicted octanol–water partition coefficient (Wildman–Crippen LogP) is 5.82. The van der Waals surface area contributed by atoms with Crippen molar-refractivity contribution < 1.29 is 31.0 Å². The zero-order valence-electron chi connectivity index (χ0n) is 17.6. The third-order valence-electron chi connectivity index (χ3n) is 4.14. The van der Waals surface area contributed by atoms with E-state index < -0.39 is 34.2 Å². The van der Waals surface area contributed by atoms with E-state index in [1.807, 2.05) is 11.8 Å². The fourth-order valence-electron chi connectivity index (χ4n) is 2.62. The van der Waals surface area contributed by atoms with Gasteiger partial charge in [-0.05, 0) is 25.5 Å². The van der Waals surface area contributed by atoms with Crippen molar-refractivity contribution in [3.8, 4) is 5.75 Å². The zero-order valence-corrected chi connectivity index (χ0v) is 18.4. The van der Waals surface area contributed by atoms with Crippen LogP contribution in [0.1, 0.15) is 19.0 Å². The Kier molecular flexibility index (Phi) is 8.46. The summed E-state index contributed by atoms with van der Waals surface area (Å²) < 4.78 is 78.5. The molecule has 0 radical (unpaired) electrons. The highest BCUT2D eigenvalue weighted by Crippen LogP contribution is 2.35. The van der Waals surface area contributed by atoms with E-state index in [1.165, 1.54) is 19.1 Å². The predicted molar refractivity (Wildman–Crippen MR) is 112 cm³/mol. The van der Waals surface area contributed by atoms with Gasteiger partial charge in [0.15, 0.2) is 5.75 Å². The number of rotatable bonds is 8. The lowest BCUT2D eigenvalue weighted by atomic mass is 10.2. The SMILES string of the molecule is [C-]#[N+]c1nc(N=Nc2ccc(N(C)CCC)cc2ON=S(=O)=C(F)F)n(CC(F)(F)F)c1C. The van der Waals surface area contributed by atoms with E-state index in [2.05, 4.69) is 24.6 Å². The number of anilines is 1. The van der Waals surface area contributed by atoms with Gasteiger partial charge in [0.25, 0.3) is 5.82 Å². The van der Waals surface area contributed by atoms with E-state index in [9.17, 15) is 26.2 Å². The Morgan fingerprint density at radius 3 is 2.61 bits per heavy atom. The van der Waals surface area contributed by atoms with Gasteiger partial charge in [-0.3, -0.25) is 4.57 Å². The lowest BCUT2D eigenvalue weighted by Crippen LogP contribution is -2.18. The summed E-state index contributed by atoms with van der Waals surface area (Å²) in [6.07, 6.45) is -3.81. The molecule has 1 aromatic heterocycles. The van der Waals surface area contributed by atoms with Gasteiger partial charge >= 0.3 is 17.5 Å². The Bertz CT molecular complexity index is 1230. The molecule has 1 heterocycles. The maximum absolute atomic E-state index is 12.9. The van der Waals surface area contributed by atoms with Gasteiger partial charge in [0.05, 0.1) is 0 Å². The normalized spacial score (nSPS) is 11.4. The van der Waals surface area contributed by atoms with E-state index in [0.29, 0.717) is 16.8 Å². The highest BCUT2D eigenvalue weighted by Gasteiger charge is 2.32. The minimum atomic E-state index is -4.61. The number of halogens is 5. The number of nitrogens with zero attached hydrogens (tertiary/aromatic N) is 7. The number of alkyl halides is 3. The largest absolute Gasteiger partial charge is 0.406 e. The van der Waals surface area contributed by atoms with Crippen LogP contribution < -0.4 is 9.74 Å². The van der Waals surface area contributed by atoms with Crippen molar-refractivity contribution in [2.75, 3.05) is 18.5 Å². The lowest BCUT2D eigenvalue weighted by Gasteiger charge is -2.18. The summed E-state index contributed by atoms with van der Waals surface area (Å²) in [6, 6.07) is 4.33. The van der Waals surface area contributed by atoms with Gasteiger partial charge in [-0.1, -0.05) is 23.6 Å². The van der Waals surface area contributed by atoms with E-state index in [1.54, 1.807) is 13.1 Å². The molecule has 33 heavy (non-hydrogen) atoms. The molecule has 0 aliphatic rings. The zero-order chi connectivity index (χ0) is 24.8. The van der Waals surface area contributed by atoms with Crippen LogP contribution in [0.2, 0.25) is 0 Å². The van der Waals surface area contributed by atoms with Gasteiger partial charge < -0.3 is 14.6 Å². The Hall–Kier alpha value is -3.54. The van der Waals surface area contributed by atoms with Crippen LogP contribution in [0, 0.1) is 13.5 Å². The maximum atomic E-state index is 12.9. The summed E-state index contributed by atoms with van der Waals surface area (Å²) >= 11 is 0. The molecular formula is C18H18F5N7O2S. The summed E-state index contributed by atoms with van der Waals surface area (Å²) in [4.78, 5) is 13.5. The van der Waals surface area contributed by atoms with Crippen LogP contribution in [0.25, 0.3) is 4.85 Å². The first-order chi connectivity index (χ1) is 15.5. The van der Waals surface area contributed by atoms with Crippen molar-refractivity contribution in [1.29, 1.82) is 0 Å². The minimum Gasteiger partial charge on any atom is -0.374 e. The number of aromatic nitrogens is 2. The summed E-state index contributed by atoms with van der Waals surface area (Å²) in [5.74, 6) is -0.983. The molecule has 0 unspecified atom stereocenters. The molecule has 15 heteroatoms. The molecule has 0 aliphatic heterocycles. The number of benzene rings is 1. The molecule has 0 spiro atoms. The lowest BCUT2D eigenvalue weighted by molar-refractivity contribution is -0.140. The highest BCUT2D eigenvalue weighted by molar-refractivity contribution is 7.74. The molecular weight excluding hydrogens is 473 g/mol. The monoisotopic (exact) mass is 491 g/mol. The third-order valence-corrected chi connectivity index (χ3v) is 4.62. The van der Waals surface area contributed by atoms with Gasteiger partial charge in [0.2, 0.25) is 10.2 Å². The van der Waals surface area contributed by atoms with Crippen LogP contribution in [0.15, 0.2) is 33.0 Å². The summed E-state index contributed by atoms with van der Waals surface area (Å²) in [7, 11) is -1.27. The Morgan fingerprint density at radius 1 is 1.33 bits per heavy atom. The van der Waals surface area contributed by atoms with Crippen LogP contribution in [-0.2, 0) is 16.7 Å². The number of azo groups is 1. The quantitative estimate of drug-likeness (QED) is 0.116. The standard InChI is InChI=1S/C18H18F5N7O2S/c1-5-8-29(4)12-6-7-13(14(9-12)32-28-33(31)16(19)20)26-27-17-25-15(24-3)11(2)30(17)10-18(21,22)23/h6-7,9H,5,8,10H2,1-2,4H3. The molecule has 0 fully saturated rings. The smallest absolute Gasteiger partial charge is 0.374 e. The molecule has 0 saturated carbocycles. The van der Waals surface area contributed by atoms with Gasteiger partial charge in [0, 0.05) is 35.6 Å². The topological polar surface area (TPSA) is 88.8 Å². The Labute approximate surface area is 187 Å². The summed E-state index contributed by atoms with van der Waals surface area (Å²) in [6.45, 7) is 9.48. The first kappa shape index (κ1) is 25.7. The second-order valence-corrected chi connectivity index (χ2v) is 7.50. The van der Waals surface area contributed by atoms with Crippen LogP contribution in [0.4, 0.5) is 45.1 Å². The van der Waals surface area contributed by atoms with Gasteiger partial charge in [-0.15, -0.1) is 5.11 Å². The Morgan fingerprint density at radius 2 is 2.03 bits per heavy atom. The molecule has 2 aromatic rings. The molecule has 0 saturated heterocycles. The molecule has 0 atom stereocenters. The minimum absolute atomic E-state index is 0.0522. The molecule has 1 aromatic carbocycles. The van der Waals surface area contributed by atoms with E-state index in [-0.39, 0.29) is 22.9 Å². The third kappa shape index (κ3) is 6.97. The molecule has 2 rings (SSSR count). The number of hydrogen-bond acceptors (Lipinski definition) is 7. The van der Waals surface area contributed by atoms with E-state index in [4.69, 9.17) is 11.4 Å². The van der Waals surface area contributed by atoms with Crippen LogP contribution in [-0.4, -0.2) is 38.9 Å². The van der Waals surface area contributed by atoms with Crippen molar-refractivity contribution in [3.63, 3.8) is 0 Å². The molecule has 0 aliphatic carbocycles. The fourth-order valence-corrected chi connectivity index (χ4v) is 2.82. The van der Waals surface area contributed by atoms with E-state index >= 15 is 0 Å². The van der Waals surface area contributed by atoms with Crippen molar-refractivity contribution in [1.82, 2.24) is 9.55 Å². The van der Waals surface area contributed by atoms with E-state index in [0.717, 1.165) is 6.42 Å². The second-order valence-electron chi connectivity index (χ2n) is 6.55. The first-order valence-electron chi connectivity index (χ1n) is 9.23. The van der Waals surface area contributed by atoms with Crippen molar-refractivity contribution in [3.05, 3.63) is 35.3 Å². The molecule has 178 valence electrons. The molecule has 0 amide bonds. The van der Waals surface area contributed by atoms with Crippen LogP contribution in [0.5, 0.6) is 5.75 Å².